The number of anilines is 1. The van der Waals surface area contributed by atoms with Crippen LogP contribution in [-0.2, 0) is 4.79 Å². The second kappa shape index (κ2) is 5.85. The van der Waals surface area contributed by atoms with Gasteiger partial charge in [-0.3, -0.25) is 9.98 Å². The normalized spacial score (nSPS) is 16.1. The predicted octanol–water partition coefficient (Wildman–Crippen LogP) is 2.21. The predicted molar refractivity (Wildman–Crippen MR) is 82.7 cm³/mol. The molecule has 6 heteroatoms. The number of pyridine rings is 1. The van der Waals surface area contributed by atoms with Crippen molar-refractivity contribution in [2.75, 3.05) is 19.5 Å². The average Bonchev–Trinajstić information content (AvgIpc) is 2.60. The van der Waals surface area contributed by atoms with E-state index < -0.39 is 6.04 Å². The first-order chi connectivity index (χ1) is 10.8. The van der Waals surface area contributed by atoms with Crippen molar-refractivity contribution >= 4 is 17.8 Å². The molecule has 1 unspecified atom stereocenters. The lowest BCUT2D eigenvalue weighted by molar-refractivity contribution is -0.108. The Hall–Kier alpha value is -2.89. The van der Waals surface area contributed by atoms with Crippen LogP contribution in [0.3, 0.4) is 0 Å². The van der Waals surface area contributed by atoms with Gasteiger partial charge in [-0.15, -0.1) is 0 Å². The van der Waals surface area contributed by atoms with Crippen LogP contribution >= 0.6 is 0 Å². The number of carbonyl (C=O) groups is 1. The number of hydrogen-bond donors (Lipinski definition) is 1. The smallest absolute Gasteiger partial charge is 0.149 e. The summed E-state index contributed by atoms with van der Waals surface area (Å²) in [6.45, 7) is 0. The number of methoxy groups -OCH3 is 2. The van der Waals surface area contributed by atoms with E-state index in [0.29, 0.717) is 22.9 Å². The molecule has 6 nitrogen and oxygen atoms in total. The molecular formula is C16H15N3O3. The van der Waals surface area contributed by atoms with Gasteiger partial charge in [0, 0.05) is 35.7 Å². The third-order valence-corrected chi connectivity index (χ3v) is 3.45. The number of amidine groups is 1. The summed E-state index contributed by atoms with van der Waals surface area (Å²) in [4.78, 5) is 20.0. The summed E-state index contributed by atoms with van der Waals surface area (Å²) in [5, 5.41) is 3.22. The fraction of sp³-hybridized carbons (Fsp3) is 0.188. The number of fused-ring (bicyclic) bond motifs is 1. The van der Waals surface area contributed by atoms with Crippen LogP contribution in [0.1, 0.15) is 17.2 Å². The van der Waals surface area contributed by atoms with Gasteiger partial charge < -0.3 is 19.6 Å². The maximum absolute atomic E-state index is 11.5. The molecule has 1 aromatic heterocycles. The number of benzene rings is 1. The van der Waals surface area contributed by atoms with Crippen LogP contribution in [0.5, 0.6) is 11.5 Å². The Balaban J connectivity index is 2.11. The second-order valence-electron chi connectivity index (χ2n) is 4.72. The zero-order chi connectivity index (χ0) is 15.5. The minimum Gasteiger partial charge on any atom is -0.497 e. The number of aromatic nitrogens is 1. The topological polar surface area (TPSA) is 72.8 Å². The summed E-state index contributed by atoms with van der Waals surface area (Å²) in [5.41, 5.74) is 2.25. The SMILES string of the molecule is COc1cc2c(c(OC)c1)C(C=O)N=C(c1cccnc1)N2. The molecule has 112 valence electrons. The lowest BCUT2D eigenvalue weighted by Gasteiger charge is -2.24. The van der Waals surface area contributed by atoms with Crippen molar-refractivity contribution in [3.05, 3.63) is 47.8 Å². The Kier molecular flexibility index (Phi) is 3.74. The van der Waals surface area contributed by atoms with Gasteiger partial charge in [0.1, 0.15) is 29.7 Å². The van der Waals surface area contributed by atoms with Crippen LogP contribution in [0, 0.1) is 0 Å². The zero-order valence-corrected chi connectivity index (χ0v) is 12.2. The van der Waals surface area contributed by atoms with E-state index in [1.807, 2.05) is 18.2 Å². The average molecular weight is 297 g/mol. The molecule has 1 atom stereocenters. The third kappa shape index (κ3) is 2.39. The minimum absolute atomic E-state index is 0.563. The molecule has 22 heavy (non-hydrogen) atoms. The highest BCUT2D eigenvalue weighted by Crippen LogP contribution is 2.40. The number of aldehydes is 1. The first-order valence-electron chi connectivity index (χ1n) is 6.73. The van der Waals surface area contributed by atoms with Gasteiger partial charge in [0.05, 0.1) is 19.9 Å². The van der Waals surface area contributed by atoms with Crippen LogP contribution in [0.15, 0.2) is 41.7 Å². The van der Waals surface area contributed by atoms with E-state index >= 15 is 0 Å². The van der Waals surface area contributed by atoms with Gasteiger partial charge in [0.25, 0.3) is 0 Å². The Morgan fingerprint density at radius 3 is 2.77 bits per heavy atom. The molecule has 1 aliphatic heterocycles. The van der Waals surface area contributed by atoms with E-state index in [1.165, 1.54) is 0 Å². The standard InChI is InChI=1S/C16H15N3O3/c1-21-11-6-12-15(14(7-11)22-2)13(9-20)19-16(18-12)10-4-3-5-17-8-10/h3-9,13H,1-2H3,(H,18,19). The zero-order valence-electron chi connectivity index (χ0n) is 12.2. The quantitative estimate of drug-likeness (QED) is 0.876. The van der Waals surface area contributed by atoms with Crippen LogP contribution < -0.4 is 14.8 Å². The molecule has 0 saturated carbocycles. The van der Waals surface area contributed by atoms with Crippen molar-refractivity contribution in [1.29, 1.82) is 0 Å². The largest absolute Gasteiger partial charge is 0.497 e. The monoisotopic (exact) mass is 297 g/mol. The molecular weight excluding hydrogens is 282 g/mol. The second-order valence-corrected chi connectivity index (χ2v) is 4.72. The van der Waals surface area contributed by atoms with Crippen LogP contribution in [0.25, 0.3) is 0 Å². The van der Waals surface area contributed by atoms with Crippen molar-refractivity contribution in [2.24, 2.45) is 4.99 Å². The van der Waals surface area contributed by atoms with Gasteiger partial charge in [-0.1, -0.05) is 0 Å². The Morgan fingerprint density at radius 1 is 1.27 bits per heavy atom. The molecule has 0 aliphatic carbocycles. The van der Waals surface area contributed by atoms with Crippen LogP contribution in [-0.4, -0.2) is 31.3 Å². The third-order valence-electron chi connectivity index (χ3n) is 3.45. The van der Waals surface area contributed by atoms with Gasteiger partial charge in [0.2, 0.25) is 0 Å². The number of rotatable bonds is 4. The Bertz CT molecular complexity index is 729. The molecule has 0 fully saturated rings. The molecule has 1 aromatic carbocycles. The molecule has 1 N–H and O–H groups in total. The van der Waals surface area contributed by atoms with E-state index in [9.17, 15) is 4.79 Å². The van der Waals surface area contributed by atoms with Crippen LogP contribution in [0.4, 0.5) is 5.69 Å². The maximum Gasteiger partial charge on any atom is 0.149 e. The van der Waals surface area contributed by atoms with Gasteiger partial charge in [-0.2, -0.15) is 0 Å². The molecule has 0 saturated heterocycles. The lowest BCUT2D eigenvalue weighted by atomic mass is 10.0. The Labute approximate surface area is 127 Å². The number of carbonyl (C=O) groups excluding carboxylic acids is 1. The molecule has 0 bridgehead atoms. The molecule has 0 radical (unpaired) electrons. The number of hydrogen-bond acceptors (Lipinski definition) is 6. The highest BCUT2D eigenvalue weighted by Gasteiger charge is 2.26. The highest BCUT2D eigenvalue weighted by molar-refractivity contribution is 6.11. The van der Waals surface area contributed by atoms with Gasteiger partial charge in [-0.05, 0) is 12.1 Å². The van der Waals surface area contributed by atoms with E-state index in [0.717, 1.165) is 17.5 Å². The van der Waals surface area contributed by atoms with Crippen molar-refractivity contribution in [2.45, 2.75) is 6.04 Å². The molecule has 0 spiro atoms. The lowest BCUT2D eigenvalue weighted by Crippen LogP contribution is -2.23. The first-order valence-corrected chi connectivity index (χ1v) is 6.73. The van der Waals surface area contributed by atoms with Crippen molar-refractivity contribution < 1.29 is 14.3 Å². The number of ether oxygens (including phenoxy) is 2. The first kappa shape index (κ1) is 14.1. The van der Waals surface area contributed by atoms with Crippen molar-refractivity contribution in [3.63, 3.8) is 0 Å². The van der Waals surface area contributed by atoms with Crippen molar-refractivity contribution in [1.82, 2.24) is 4.98 Å². The van der Waals surface area contributed by atoms with Crippen molar-refractivity contribution in [3.8, 4) is 11.5 Å². The summed E-state index contributed by atoms with van der Waals surface area (Å²) in [7, 11) is 3.13. The molecule has 3 rings (SSSR count). The molecule has 2 heterocycles. The van der Waals surface area contributed by atoms with Gasteiger partial charge in [-0.25, -0.2) is 0 Å². The number of aliphatic imine (C=N–C) groups is 1. The fourth-order valence-electron chi connectivity index (χ4n) is 2.41. The van der Waals surface area contributed by atoms with E-state index in [2.05, 4.69) is 15.3 Å². The summed E-state index contributed by atoms with van der Waals surface area (Å²) in [6, 6.07) is 6.62. The van der Waals surface area contributed by atoms with E-state index in [1.54, 1.807) is 32.7 Å². The Morgan fingerprint density at radius 2 is 2.14 bits per heavy atom. The van der Waals surface area contributed by atoms with Crippen LogP contribution in [0.2, 0.25) is 0 Å². The summed E-state index contributed by atoms with van der Waals surface area (Å²) in [6.07, 6.45) is 4.17. The fourth-order valence-corrected chi connectivity index (χ4v) is 2.41. The van der Waals surface area contributed by atoms with E-state index in [4.69, 9.17) is 9.47 Å². The molecule has 2 aromatic rings. The van der Waals surface area contributed by atoms with E-state index in [-0.39, 0.29) is 0 Å². The number of nitrogens with one attached hydrogen (secondary N) is 1. The van der Waals surface area contributed by atoms with Gasteiger partial charge in [0.15, 0.2) is 0 Å². The molecule has 0 amide bonds. The summed E-state index contributed by atoms with van der Waals surface area (Å²) in [5.74, 6) is 1.79. The summed E-state index contributed by atoms with van der Waals surface area (Å²) >= 11 is 0. The molecule has 1 aliphatic rings. The minimum atomic E-state index is -0.632. The number of nitrogens with zero attached hydrogens (tertiary/aromatic N) is 2. The maximum atomic E-state index is 11.5. The highest BCUT2D eigenvalue weighted by atomic mass is 16.5. The van der Waals surface area contributed by atoms with Gasteiger partial charge >= 0.3 is 0 Å². The summed E-state index contributed by atoms with van der Waals surface area (Å²) < 4.78 is 10.6.